The van der Waals surface area contributed by atoms with E-state index in [0.717, 1.165) is 6.42 Å². The Bertz CT molecular complexity index is 285. The van der Waals surface area contributed by atoms with Crippen LogP contribution in [0, 0.1) is 0 Å². The Labute approximate surface area is 83.7 Å². The van der Waals surface area contributed by atoms with Gasteiger partial charge >= 0.3 is 0 Å². The molecule has 0 aliphatic carbocycles. The van der Waals surface area contributed by atoms with Crippen molar-refractivity contribution >= 4 is 11.8 Å². The summed E-state index contributed by atoms with van der Waals surface area (Å²) >= 11 is 1.97. The maximum Gasteiger partial charge on any atom is 0.0105 e. The van der Waals surface area contributed by atoms with E-state index in [1.807, 2.05) is 11.8 Å². The SMILES string of the molecule is NC1CCCSc2ccccc2C1. The summed E-state index contributed by atoms with van der Waals surface area (Å²) in [6.07, 6.45) is 3.46. The zero-order valence-electron chi connectivity index (χ0n) is 7.70. The molecule has 1 aromatic carbocycles. The van der Waals surface area contributed by atoms with Crippen molar-refractivity contribution in [2.75, 3.05) is 5.75 Å². The molecule has 70 valence electrons. The molecule has 0 saturated carbocycles. The van der Waals surface area contributed by atoms with Crippen LogP contribution in [0.4, 0.5) is 0 Å². The highest BCUT2D eigenvalue weighted by Gasteiger charge is 2.11. The van der Waals surface area contributed by atoms with Crippen LogP contribution >= 0.6 is 11.8 Å². The highest BCUT2D eigenvalue weighted by Crippen LogP contribution is 2.27. The van der Waals surface area contributed by atoms with Gasteiger partial charge in [-0.2, -0.15) is 0 Å². The van der Waals surface area contributed by atoms with Gasteiger partial charge in [-0.3, -0.25) is 0 Å². The van der Waals surface area contributed by atoms with Crippen molar-refractivity contribution in [2.24, 2.45) is 5.73 Å². The summed E-state index contributed by atoms with van der Waals surface area (Å²) in [4.78, 5) is 1.43. The molecule has 1 nitrogen and oxygen atoms in total. The molecular formula is C11H15NS. The van der Waals surface area contributed by atoms with Crippen LogP contribution in [-0.4, -0.2) is 11.8 Å². The van der Waals surface area contributed by atoms with Gasteiger partial charge in [0.05, 0.1) is 0 Å². The maximum absolute atomic E-state index is 6.01. The molecule has 0 aromatic heterocycles. The third kappa shape index (κ3) is 2.26. The van der Waals surface area contributed by atoms with E-state index < -0.39 is 0 Å². The number of hydrogen-bond donors (Lipinski definition) is 1. The molecule has 0 fully saturated rings. The molecule has 1 heterocycles. The molecular weight excluding hydrogens is 178 g/mol. The molecule has 2 heteroatoms. The minimum Gasteiger partial charge on any atom is -0.327 e. The zero-order valence-corrected chi connectivity index (χ0v) is 8.52. The van der Waals surface area contributed by atoms with Gasteiger partial charge in [0.25, 0.3) is 0 Å². The molecule has 0 spiro atoms. The normalized spacial score (nSPS) is 23.0. The summed E-state index contributed by atoms with van der Waals surface area (Å²) in [6, 6.07) is 8.99. The Kier molecular flexibility index (Phi) is 2.91. The summed E-state index contributed by atoms with van der Waals surface area (Å²) in [7, 11) is 0. The van der Waals surface area contributed by atoms with Crippen molar-refractivity contribution in [2.45, 2.75) is 30.2 Å². The van der Waals surface area contributed by atoms with E-state index in [2.05, 4.69) is 24.3 Å². The van der Waals surface area contributed by atoms with Gasteiger partial charge in [0.2, 0.25) is 0 Å². The molecule has 2 N–H and O–H groups in total. The number of hydrogen-bond acceptors (Lipinski definition) is 2. The lowest BCUT2D eigenvalue weighted by Gasteiger charge is -2.17. The molecule has 0 radical (unpaired) electrons. The Balaban J connectivity index is 2.25. The first-order valence-electron chi connectivity index (χ1n) is 4.82. The van der Waals surface area contributed by atoms with Gasteiger partial charge in [-0.15, -0.1) is 11.8 Å². The van der Waals surface area contributed by atoms with Crippen molar-refractivity contribution in [1.82, 2.24) is 0 Å². The summed E-state index contributed by atoms with van der Waals surface area (Å²) < 4.78 is 0. The lowest BCUT2D eigenvalue weighted by Crippen LogP contribution is -2.24. The topological polar surface area (TPSA) is 26.0 Å². The van der Waals surface area contributed by atoms with Gasteiger partial charge in [0.1, 0.15) is 0 Å². The Hall–Kier alpha value is -0.470. The summed E-state index contributed by atoms with van der Waals surface area (Å²) in [6.45, 7) is 0. The first-order chi connectivity index (χ1) is 6.36. The van der Waals surface area contributed by atoms with Crippen LogP contribution in [0.15, 0.2) is 29.2 Å². The summed E-state index contributed by atoms with van der Waals surface area (Å²) in [5.74, 6) is 1.21. The Morgan fingerprint density at radius 1 is 1.31 bits per heavy atom. The molecule has 0 bridgehead atoms. The molecule has 1 aliphatic rings. The number of benzene rings is 1. The maximum atomic E-state index is 6.01. The van der Waals surface area contributed by atoms with Gasteiger partial charge in [0.15, 0.2) is 0 Å². The molecule has 0 amide bonds. The smallest absolute Gasteiger partial charge is 0.0105 e. The quantitative estimate of drug-likeness (QED) is 0.685. The number of rotatable bonds is 0. The summed E-state index contributed by atoms with van der Waals surface area (Å²) in [5.41, 5.74) is 7.44. The van der Waals surface area contributed by atoms with Gasteiger partial charge in [-0.05, 0) is 36.6 Å². The predicted molar refractivity (Wildman–Crippen MR) is 58.1 cm³/mol. The first kappa shape index (κ1) is 9.10. The number of thioether (sulfide) groups is 1. The van der Waals surface area contributed by atoms with Crippen LogP contribution in [0.5, 0.6) is 0 Å². The minimum absolute atomic E-state index is 0.363. The fourth-order valence-corrected chi connectivity index (χ4v) is 2.77. The second kappa shape index (κ2) is 4.16. The van der Waals surface area contributed by atoms with Crippen molar-refractivity contribution in [3.05, 3.63) is 29.8 Å². The number of fused-ring (bicyclic) bond motifs is 1. The average molecular weight is 193 g/mol. The van der Waals surface area contributed by atoms with Crippen LogP contribution < -0.4 is 5.73 Å². The predicted octanol–water partition coefficient (Wildman–Crippen LogP) is 2.44. The van der Waals surface area contributed by atoms with Crippen molar-refractivity contribution in [3.8, 4) is 0 Å². The minimum atomic E-state index is 0.363. The Morgan fingerprint density at radius 3 is 3.08 bits per heavy atom. The van der Waals surface area contributed by atoms with Crippen molar-refractivity contribution in [1.29, 1.82) is 0 Å². The monoisotopic (exact) mass is 193 g/mol. The van der Waals surface area contributed by atoms with Gasteiger partial charge in [-0.25, -0.2) is 0 Å². The van der Waals surface area contributed by atoms with E-state index in [9.17, 15) is 0 Å². The van der Waals surface area contributed by atoms with Crippen LogP contribution in [0.2, 0.25) is 0 Å². The van der Waals surface area contributed by atoms with E-state index in [-0.39, 0.29) is 0 Å². The zero-order chi connectivity index (χ0) is 9.10. The van der Waals surface area contributed by atoms with Crippen LogP contribution in [0.1, 0.15) is 18.4 Å². The average Bonchev–Trinajstić information content (AvgIpc) is 2.11. The van der Waals surface area contributed by atoms with E-state index in [1.54, 1.807) is 0 Å². The van der Waals surface area contributed by atoms with E-state index in [1.165, 1.54) is 29.1 Å². The number of nitrogens with two attached hydrogens (primary N) is 1. The van der Waals surface area contributed by atoms with E-state index in [0.29, 0.717) is 6.04 Å². The van der Waals surface area contributed by atoms with Gasteiger partial charge in [0, 0.05) is 10.9 Å². The molecule has 1 unspecified atom stereocenters. The van der Waals surface area contributed by atoms with Crippen molar-refractivity contribution < 1.29 is 0 Å². The third-order valence-electron chi connectivity index (χ3n) is 2.43. The van der Waals surface area contributed by atoms with Crippen LogP contribution in [0.25, 0.3) is 0 Å². The lowest BCUT2D eigenvalue weighted by molar-refractivity contribution is 0.595. The molecule has 1 aliphatic heterocycles. The van der Waals surface area contributed by atoms with E-state index in [4.69, 9.17) is 5.73 Å². The first-order valence-corrected chi connectivity index (χ1v) is 5.81. The standard InChI is InChI=1S/C11H15NS/c12-10-5-3-7-13-11-6-2-1-4-9(11)8-10/h1-2,4,6,10H,3,5,7-8,12H2. The highest BCUT2D eigenvalue weighted by atomic mass is 32.2. The second-order valence-electron chi connectivity index (χ2n) is 3.56. The van der Waals surface area contributed by atoms with Crippen LogP contribution in [0.3, 0.4) is 0 Å². The molecule has 13 heavy (non-hydrogen) atoms. The third-order valence-corrected chi connectivity index (χ3v) is 3.63. The largest absolute Gasteiger partial charge is 0.327 e. The molecule has 1 aromatic rings. The van der Waals surface area contributed by atoms with Crippen LogP contribution in [-0.2, 0) is 6.42 Å². The summed E-state index contributed by atoms with van der Waals surface area (Å²) in [5, 5.41) is 0. The highest BCUT2D eigenvalue weighted by molar-refractivity contribution is 7.99. The van der Waals surface area contributed by atoms with Crippen molar-refractivity contribution in [3.63, 3.8) is 0 Å². The fourth-order valence-electron chi connectivity index (χ4n) is 1.73. The van der Waals surface area contributed by atoms with Gasteiger partial charge in [-0.1, -0.05) is 18.2 Å². The Morgan fingerprint density at radius 2 is 2.15 bits per heavy atom. The molecule has 2 rings (SSSR count). The van der Waals surface area contributed by atoms with E-state index >= 15 is 0 Å². The second-order valence-corrected chi connectivity index (χ2v) is 4.70. The fraction of sp³-hybridized carbons (Fsp3) is 0.455. The lowest BCUT2D eigenvalue weighted by atomic mass is 10.0. The molecule has 1 atom stereocenters. The van der Waals surface area contributed by atoms with Gasteiger partial charge < -0.3 is 5.73 Å². The molecule has 0 saturated heterocycles.